The van der Waals surface area contributed by atoms with Crippen molar-refractivity contribution in [2.45, 2.75) is 0 Å². The third-order valence-corrected chi connectivity index (χ3v) is 5.65. The molecular weight excluding hydrogens is 433 g/mol. The van der Waals surface area contributed by atoms with Crippen molar-refractivity contribution >= 4 is 34.6 Å². The van der Waals surface area contributed by atoms with Gasteiger partial charge in [-0.05, 0) is 24.3 Å². The van der Waals surface area contributed by atoms with Gasteiger partial charge in [-0.1, -0.05) is 11.6 Å². The Labute approximate surface area is 189 Å². The molecule has 2 N–H and O–H groups in total. The number of aromatic nitrogens is 4. The van der Waals surface area contributed by atoms with Crippen LogP contribution in [0.15, 0.2) is 48.9 Å². The first-order valence-electron chi connectivity index (χ1n) is 10.2. The van der Waals surface area contributed by atoms with E-state index < -0.39 is 0 Å². The van der Waals surface area contributed by atoms with Crippen molar-refractivity contribution in [1.29, 1.82) is 0 Å². The van der Waals surface area contributed by atoms with E-state index in [1.165, 1.54) is 18.5 Å². The second-order valence-corrected chi connectivity index (χ2v) is 7.76. The molecule has 0 radical (unpaired) electrons. The first kappa shape index (κ1) is 20.5. The number of imidazole rings is 1. The molecule has 0 unspecified atom stereocenters. The van der Waals surface area contributed by atoms with Crippen molar-refractivity contribution in [3.05, 3.63) is 59.8 Å². The Hall–Kier alpha value is -3.43. The first-order chi connectivity index (χ1) is 15.6. The molecule has 4 aromatic rings. The van der Waals surface area contributed by atoms with Crippen LogP contribution in [0, 0.1) is 5.82 Å². The van der Waals surface area contributed by atoms with Crippen molar-refractivity contribution < 1.29 is 9.13 Å². The fourth-order valence-electron chi connectivity index (χ4n) is 3.76. The number of hydrogen-bond acceptors (Lipinski definition) is 7. The molecule has 5 rings (SSSR count). The van der Waals surface area contributed by atoms with Gasteiger partial charge >= 0.3 is 0 Å². The van der Waals surface area contributed by atoms with Crippen molar-refractivity contribution in [2.75, 3.05) is 43.5 Å². The maximum atomic E-state index is 13.8. The third-order valence-electron chi connectivity index (χ3n) is 5.37. The van der Waals surface area contributed by atoms with Crippen molar-refractivity contribution in [3.63, 3.8) is 0 Å². The van der Waals surface area contributed by atoms with Crippen molar-refractivity contribution in [2.24, 2.45) is 0 Å². The molecule has 0 bridgehead atoms. The highest BCUT2D eigenvalue weighted by Gasteiger charge is 2.16. The van der Waals surface area contributed by atoms with Gasteiger partial charge in [0.25, 0.3) is 0 Å². The van der Waals surface area contributed by atoms with Crippen LogP contribution in [0.1, 0.15) is 0 Å². The number of benzene rings is 1. The van der Waals surface area contributed by atoms with Gasteiger partial charge < -0.3 is 20.3 Å². The van der Waals surface area contributed by atoms with Gasteiger partial charge in [-0.3, -0.25) is 4.40 Å². The van der Waals surface area contributed by atoms with Crippen molar-refractivity contribution in [1.82, 2.24) is 24.7 Å². The normalized spacial score (nSPS) is 14.0. The number of hydrogen-bond donors (Lipinski definition) is 2. The number of pyridine rings is 1. The molecule has 1 aliphatic heterocycles. The molecule has 1 aliphatic rings. The average molecular weight is 454 g/mol. The first-order valence-corrected chi connectivity index (χ1v) is 10.6. The van der Waals surface area contributed by atoms with E-state index in [1.54, 1.807) is 23.8 Å². The molecule has 4 heterocycles. The summed E-state index contributed by atoms with van der Waals surface area (Å²) in [4.78, 5) is 15.5. The lowest BCUT2D eigenvalue weighted by Gasteiger charge is -2.30. The van der Waals surface area contributed by atoms with Gasteiger partial charge in [-0.15, -0.1) is 0 Å². The van der Waals surface area contributed by atoms with E-state index in [0.29, 0.717) is 33.8 Å². The molecule has 0 aliphatic carbocycles. The summed E-state index contributed by atoms with van der Waals surface area (Å²) in [5.74, 6) is 0.636. The summed E-state index contributed by atoms with van der Waals surface area (Å²) >= 11 is 6.37. The number of fused-ring (bicyclic) bond motifs is 1. The van der Waals surface area contributed by atoms with Gasteiger partial charge in [0.2, 0.25) is 5.95 Å². The zero-order valence-corrected chi connectivity index (χ0v) is 18.1. The van der Waals surface area contributed by atoms with E-state index >= 15 is 0 Å². The number of nitrogens with zero attached hydrogens (tertiary/aromatic N) is 5. The summed E-state index contributed by atoms with van der Waals surface area (Å²) < 4.78 is 21.0. The number of methoxy groups -OCH3 is 1. The van der Waals surface area contributed by atoms with Gasteiger partial charge in [0.05, 0.1) is 35.9 Å². The highest BCUT2D eigenvalue weighted by atomic mass is 35.5. The minimum absolute atomic E-state index is 0.336. The number of ether oxygens (including phenoxy) is 1. The molecule has 0 saturated carbocycles. The monoisotopic (exact) mass is 453 g/mol. The lowest BCUT2D eigenvalue weighted by molar-refractivity contribution is 0.416. The van der Waals surface area contributed by atoms with E-state index in [-0.39, 0.29) is 5.82 Å². The van der Waals surface area contributed by atoms with E-state index in [9.17, 15) is 4.39 Å². The summed E-state index contributed by atoms with van der Waals surface area (Å²) in [7, 11) is 1.63. The number of rotatable bonds is 5. The van der Waals surface area contributed by atoms with Crippen LogP contribution in [0.3, 0.4) is 0 Å². The van der Waals surface area contributed by atoms with Crippen LogP contribution >= 0.6 is 11.6 Å². The van der Waals surface area contributed by atoms with E-state index in [4.69, 9.17) is 16.3 Å². The second kappa shape index (κ2) is 8.60. The van der Waals surface area contributed by atoms with E-state index in [0.717, 1.165) is 37.6 Å². The SMILES string of the molecule is COc1cc(N2CCNCC2)ccc1Nc1ncc(Cl)c(-c2cnc3ccc(F)cn23)n1. The zero-order valence-electron chi connectivity index (χ0n) is 17.3. The standard InChI is InChI=1S/C22H21ClFN7O/c1-32-19-10-15(30-8-6-25-7-9-30)3-4-17(19)28-22-27-11-16(23)21(29-22)18-12-26-20-5-2-14(24)13-31(18)20/h2-5,10-13,25H,6-9H2,1H3,(H,27,28,29). The van der Waals surface area contributed by atoms with Crippen LogP contribution in [0.5, 0.6) is 5.75 Å². The number of piperazine rings is 1. The molecule has 3 aromatic heterocycles. The van der Waals surface area contributed by atoms with Gasteiger partial charge in [-0.25, -0.2) is 19.3 Å². The predicted octanol–water partition coefficient (Wildman–Crippen LogP) is 3.75. The minimum atomic E-state index is -0.380. The van der Waals surface area contributed by atoms with Gasteiger partial charge in [0.15, 0.2) is 0 Å². The molecule has 1 fully saturated rings. The quantitative estimate of drug-likeness (QED) is 0.476. The lowest BCUT2D eigenvalue weighted by Crippen LogP contribution is -2.43. The Bertz CT molecular complexity index is 1270. The topological polar surface area (TPSA) is 79.6 Å². The fraction of sp³-hybridized carbons (Fsp3) is 0.227. The maximum Gasteiger partial charge on any atom is 0.227 e. The molecule has 0 spiro atoms. The Balaban J connectivity index is 1.47. The Morgan fingerprint density at radius 3 is 2.78 bits per heavy atom. The molecule has 164 valence electrons. The molecule has 10 heteroatoms. The summed E-state index contributed by atoms with van der Waals surface area (Å²) in [6.07, 6.45) is 4.46. The van der Waals surface area contributed by atoms with E-state index in [2.05, 4.69) is 30.5 Å². The molecular formula is C22H21ClFN7O. The fourth-order valence-corrected chi connectivity index (χ4v) is 3.95. The molecule has 0 amide bonds. The molecule has 32 heavy (non-hydrogen) atoms. The summed E-state index contributed by atoms with van der Waals surface area (Å²) in [5, 5.41) is 6.89. The van der Waals surface area contributed by atoms with Crippen LogP contribution in [-0.4, -0.2) is 52.6 Å². The van der Waals surface area contributed by atoms with Crippen LogP contribution in [-0.2, 0) is 0 Å². The predicted molar refractivity (Wildman–Crippen MR) is 123 cm³/mol. The maximum absolute atomic E-state index is 13.8. The highest BCUT2D eigenvalue weighted by molar-refractivity contribution is 6.32. The largest absolute Gasteiger partial charge is 0.494 e. The minimum Gasteiger partial charge on any atom is -0.494 e. The molecule has 1 aromatic carbocycles. The number of nitrogens with one attached hydrogen (secondary N) is 2. The average Bonchev–Trinajstić information content (AvgIpc) is 3.24. The Kier molecular flexibility index (Phi) is 5.50. The van der Waals surface area contributed by atoms with Gasteiger partial charge in [-0.2, -0.15) is 0 Å². The molecule has 8 nitrogen and oxygen atoms in total. The lowest BCUT2D eigenvalue weighted by atomic mass is 10.2. The summed E-state index contributed by atoms with van der Waals surface area (Å²) in [6, 6.07) is 8.93. The van der Waals surface area contributed by atoms with E-state index in [1.807, 2.05) is 18.2 Å². The van der Waals surface area contributed by atoms with Crippen LogP contribution < -0.4 is 20.3 Å². The summed E-state index contributed by atoms with van der Waals surface area (Å²) in [5.41, 5.74) is 3.42. The van der Waals surface area contributed by atoms with Gasteiger partial charge in [0.1, 0.15) is 22.9 Å². The smallest absolute Gasteiger partial charge is 0.227 e. The zero-order chi connectivity index (χ0) is 22.1. The van der Waals surface area contributed by atoms with Crippen LogP contribution in [0.2, 0.25) is 5.02 Å². The molecule has 1 saturated heterocycles. The highest BCUT2D eigenvalue weighted by Crippen LogP contribution is 2.33. The van der Waals surface area contributed by atoms with Crippen LogP contribution in [0.4, 0.5) is 21.7 Å². The summed E-state index contributed by atoms with van der Waals surface area (Å²) in [6.45, 7) is 3.80. The second-order valence-electron chi connectivity index (χ2n) is 7.36. The van der Waals surface area contributed by atoms with Gasteiger partial charge in [0, 0.05) is 44.1 Å². The number of anilines is 3. The molecule has 0 atom stereocenters. The Morgan fingerprint density at radius 2 is 1.97 bits per heavy atom. The Morgan fingerprint density at radius 1 is 1.12 bits per heavy atom. The third kappa shape index (κ3) is 3.92. The number of halogens is 2. The van der Waals surface area contributed by atoms with Crippen LogP contribution in [0.25, 0.3) is 17.0 Å². The van der Waals surface area contributed by atoms with Crippen molar-refractivity contribution in [3.8, 4) is 17.1 Å².